The summed E-state index contributed by atoms with van der Waals surface area (Å²) in [6, 6.07) is 11.4. The molecule has 0 radical (unpaired) electrons. The minimum absolute atomic E-state index is 0.00621. The van der Waals surface area contributed by atoms with Gasteiger partial charge in [-0.2, -0.15) is 0 Å². The first kappa shape index (κ1) is 17.2. The first-order valence-electron chi connectivity index (χ1n) is 8.11. The van der Waals surface area contributed by atoms with E-state index in [4.69, 9.17) is 5.11 Å². The number of carbonyl (C=O) groups is 1. The highest BCUT2D eigenvalue weighted by molar-refractivity contribution is 5.79. The SMILES string of the molecule is CCCCC(NC(=O)Cc1ccc(CO)cc1)c1cccnc1. The second-order valence-corrected chi connectivity index (χ2v) is 5.70. The van der Waals surface area contributed by atoms with Crippen LogP contribution >= 0.6 is 0 Å². The smallest absolute Gasteiger partial charge is 0.224 e. The molecular formula is C19H24N2O2. The van der Waals surface area contributed by atoms with Crippen LogP contribution in [0.4, 0.5) is 0 Å². The predicted molar refractivity (Wildman–Crippen MR) is 90.7 cm³/mol. The summed E-state index contributed by atoms with van der Waals surface area (Å²) in [5.41, 5.74) is 2.84. The van der Waals surface area contributed by atoms with E-state index in [2.05, 4.69) is 17.2 Å². The predicted octanol–water partition coefficient (Wildman–Crippen LogP) is 3.16. The summed E-state index contributed by atoms with van der Waals surface area (Å²) in [6.07, 6.45) is 6.97. The Morgan fingerprint density at radius 1 is 1.22 bits per heavy atom. The topological polar surface area (TPSA) is 62.2 Å². The lowest BCUT2D eigenvalue weighted by atomic mass is 10.0. The zero-order valence-electron chi connectivity index (χ0n) is 13.5. The maximum Gasteiger partial charge on any atom is 0.224 e. The lowest BCUT2D eigenvalue weighted by Gasteiger charge is -2.19. The number of unbranched alkanes of at least 4 members (excludes halogenated alkanes) is 1. The summed E-state index contributed by atoms with van der Waals surface area (Å²) in [5.74, 6) is 0.00621. The van der Waals surface area contributed by atoms with Crippen molar-refractivity contribution in [2.24, 2.45) is 0 Å². The Morgan fingerprint density at radius 2 is 1.96 bits per heavy atom. The molecule has 0 saturated carbocycles. The molecule has 0 saturated heterocycles. The molecule has 1 atom stereocenters. The van der Waals surface area contributed by atoms with Crippen LogP contribution in [-0.4, -0.2) is 16.0 Å². The van der Waals surface area contributed by atoms with Gasteiger partial charge in [-0.15, -0.1) is 0 Å². The number of nitrogens with zero attached hydrogens (tertiary/aromatic N) is 1. The van der Waals surface area contributed by atoms with Gasteiger partial charge >= 0.3 is 0 Å². The van der Waals surface area contributed by atoms with Gasteiger partial charge in [-0.1, -0.05) is 50.1 Å². The van der Waals surface area contributed by atoms with Crippen molar-refractivity contribution in [3.63, 3.8) is 0 Å². The summed E-state index contributed by atoms with van der Waals surface area (Å²) < 4.78 is 0. The monoisotopic (exact) mass is 312 g/mol. The van der Waals surface area contributed by atoms with E-state index in [1.807, 2.05) is 42.6 Å². The molecule has 2 N–H and O–H groups in total. The molecule has 1 aromatic heterocycles. The van der Waals surface area contributed by atoms with Crippen molar-refractivity contribution in [1.82, 2.24) is 10.3 Å². The molecule has 1 aromatic carbocycles. The number of hydrogen-bond acceptors (Lipinski definition) is 3. The summed E-state index contributed by atoms with van der Waals surface area (Å²) >= 11 is 0. The summed E-state index contributed by atoms with van der Waals surface area (Å²) in [6.45, 7) is 2.16. The van der Waals surface area contributed by atoms with Gasteiger partial charge in [0.2, 0.25) is 5.91 Å². The average Bonchev–Trinajstić information content (AvgIpc) is 2.60. The maximum atomic E-state index is 12.3. The Balaban J connectivity index is 1.98. The second-order valence-electron chi connectivity index (χ2n) is 5.70. The van der Waals surface area contributed by atoms with Gasteiger partial charge in [-0.25, -0.2) is 0 Å². The number of hydrogen-bond donors (Lipinski definition) is 2. The van der Waals surface area contributed by atoms with E-state index < -0.39 is 0 Å². The minimum atomic E-state index is 0.00621. The zero-order valence-corrected chi connectivity index (χ0v) is 13.5. The Kier molecular flexibility index (Phi) is 6.76. The van der Waals surface area contributed by atoms with Crippen molar-refractivity contribution in [3.05, 3.63) is 65.5 Å². The fraction of sp³-hybridized carbons (Fsp3) is 0.368. The second kappa shape index (κ2) is 9.06. The standard InChI is InChI=1S/C19H24N2O2/c1-2-3-6-18(17-5-4-11-20-13-17)21-19(23)12-15-7-9-16(14-22)10-8-15/h4-5,7-11,13,18,22H,2-3,6,12,14H2,1H3,(H,21,23). The van der Waals surface area contributed by atoms with Crippen LogP contribution in [0.5, 0.6) is 0 Å². The van der Waals surface area contributed by atoms with E-state index in [0.29, 0.717) is 6.42 Å². The minimum Gasteiger partial charge on any atom is -0.392 e. The summed E-state index contributed by atoms with van der Waals surface area (Å²) in [5, 5.41) is 12.2. The average molecular weight is 312 g/mol. The van der Waals surface area contributed by atoms with Crippen LogP contribution in [0.25, 0.3) is 0 Å². The van der Waals surface area contributed by atoms with E-state index in [0.717, 1.165) is 36.0 Å². The largest absolute Gasteiger partial charge is 0.392 e. The molecule has 0 bridgehead atoms. The molecule has 2 rings (SSSR count). The third kappa shape index (κ3) is 5.49. The molecule has 4 nitrogen and oxygen atoms in total. The Bertz CT molecular complexity index is 597. The van der Waals surface area contributed by atoms with Gasteiger partial charge < -0.3 is 10.4 Å². The highest BCUT2D eigenvalue weighted by atomic mass is 16.3. The quantitative estimate of drug-likeness (QED) is 0.787. The van der Waals surface area contributed by atoms with E-state index in [1.54, 1.807) is 6.20 Å². The molecule has 1 unspecified atom stereocenters. The van der Waals surface area contributed by atoms with Gasteiger partial charge in [0.1, 0.15) is 0 Å². The third-order valence-corrected chi connectivity index (χ3v) is 3.84. The number of pyridine rings is 1. The lowest BCUT2D eigenvalue weighted by Crippen LogP contribution is -2.30. The third-order valence-electron chi connectivity index (χ3n) is 3.84. The summed E-state index contributed by atoms with van der Waals surface area (Å²) in [4.78, 5) is 16.5. The van der Waals surface area contributed by atoms with E-state index in [1.165, 1.54) is 0 Å². The lowest BCUT2D eigenvalue weighted by molar-refractivity contribution is -0.121. The van der Waals surface area contributed by atoms with Gasteiger partial charge in [-0.05, 0) is 29.2 Å². The Labute approximate surface area is 137 Å². The number of carbonyl (C=O) groups excluding carboxylic acids is 1. The van der Waals surface area contributed by atoms with Crippen LogP contribution in [0.1, 0.15) is 48.9 Å². The normalized spacial score (nSPS) is 11.9. The van der Waals surface area contributed by atoms with Crippen molar-refractivity contribution in [1.29, 1.82) is 0 Å². The van der Waals surface area contributed by atoms with Crippen molar-refractivity contribution in [2.45, 2.75) is 45.3 Å². The van der Waals surface area contributed by atoms with Crippen LogP contribution < -0.4 is 5.32 Å². The molecule has 0 aliphatic carbocycles. The fourth-order valence-corrected chi connectivity index (χ4v) is 2.51. The highest BCUT2D eigenvalue weighted by Crippen LogP contribution is 2.18. The first-order chi connectivity index (χ1) is 11.2. The number of rotatable bonds is 8. The van der Waals surface area contributed by atoms with Gasteiger partial charge in [0.25, 0.3) is 0 Å². The van der Waals surface area contributed by atoms with Crippen molar-refractivity contribution >= 4 is 5.91 Å². The number of benzene rings is 1. The van der Waals surface area contributed by atoms with Gasteiger partial charge in [0.15, 0.2) is 0 Å². The molecule has 0 spiro atoms. The number of aliphatic hydroxyl groups is 1. The molecule has 23 heavy (non-hydrogen) atoms. The number of amides is 1. The fourth-order valence-electron chi connectivity index (χ4n) is 2.51. The molecule has 1 heterocycles. The van der Waals surface area contributed by atoms with E-state index in [-0.39, 0.29) is 18.6 Å². The van der Waals surface area contributed by atoms with Crippen LogP contribution in [0.3, 0.4) is 0 Å². The Morgan fingerprint density at radius 3 is 2.57 bits per heavy atom. The van der Waals surface area contributed by atoms with Crippen LogP contribution in [0, 0.1) is 0 Å². The zero-order chi connectivity index (χ0) is 16.5. The first-order valence-corrected chi connectivity index (χ1v) is 8.11. The molecule has 0 aliphatic rings. The molecule has 0 fully saturated rings. The molecule has 1 amide bonds. The van der Waals surface area contributed by atoms with Crippen molar-refractivity contribution in [2.75, 3.05) is 0 Å². The van der Waals surface area contributed by atoms with E-state index >= 15 is 0 Å². The molecule has 122 valence electrons. The van der Waals surface area contributed by atoms with Crippen molar-refractivity contribution < 1.29 is 9.90 Å². The molecular weight excluding hydrogens is 288 g/mol. The van der Waals surface area contributed by atoms with Crippen LogP contribution in [0.2, 0.25) is 0 Å². The highest BCUT2D eigenvalue weighted by Gasteiger charge is 2.14. The van der Waals surface area contributed by atoms with Gasteiger partial charge in [0, 0.05) is 12.4 Å². The summed E-state index contributed by atoms with van der Waals surface area (Å²) in [7, 11) is 0. The Hall–Kier alpha value is -2.20. The van der Waals surface area contributed by atoms with Gasteiger partial charge in [-0.3, -0.25) is 9.78 Å². The number of nitrogens with one attached hydrogen (secondary N) is 1. The molecule has 0 aliphatic heterocycles. The number of aromatic nitrogens is 1. The number of aliphatic hydroxyl groups excluding tert-OH is 1. The van der Waals surface area contributed by atoms with Crippen molar-refractivity contribution in [3.8, 4) is 0 Å². The van der Waals surface area contributed by atoms with E-state index in [9.17, 15) is 4.79 Å². The van der Waals surface area contributed by atoms with Gasteiger partial charge in [0.05, 0.1) is 19.1 Å². The van der Waals surface area contributed by atoms with Crippen LogP contribution in [0.15, 0.2) is 48.8 Å². The molecule has 4 heteroatoms. The van der Waals surface area contributed by atoms with Crippen LogP contribution in [-0.2, 0) is 17.8 Å². The molecule has 2 aromatic rings. The maximum absolute atomic E-state index is 12.3.